The van der Waals surface area contributed by atoms with Gasteiger partial charge in [0, 0.05) is 33.1 Å². The number of fused-ring (bicyclic) bond motifs is 1. The molecule has 0 amide bonds. The van der Waals surface area contributed by atoms with Crippen LogP contribution in [0.15, 0.2) is 30.3 Å². The molecule has 1 heterocycles. The van der Waals surface area contributed by atoms with Crippen LogP contribution in [0.4, 0.5) is 11.4 Å². The van der Waals surface area contributed by atoms with Crippen LogP contribution in [0.3, 0.4) is 0 Å². The Labute approximate surface area is 225 Å². The molecule has 0 N–H and O–H groups in total. The van der Waals surface area contributed by atoms with E-state index >= 15 is 0 Å². The minimum absolute atomic E-state index is 0.0151. The van der Waals surface area contributed by atoms with Crippen molar-refractivity contribution in [1.29, 1.82) is 0 Å². The summed E-state index contributed by atoms with van der Waals surface area (Å²) in [6, 6.07) is 6.30. The van der Waals surface area contributed by atoms with Crippen molar-refractivity contribution in [2.75, 3.05) is 6.61 Å². The quantitative estimate of drug-likeness (QED) is 0.185. The van der Waals surface area contributed by atoms with Crippen LogP contribution in [0.1, 0.15) is 27.7 Å². The smallest absolute Gasteiger partial charge is 0.318 e. The van der Waals surface area contributed by atoms with Crippen molar-refractivity contribution >= 4 is 46.0 Å². The van der Waals surface area contributed by atoms with Crippen molar-refractivity contribution in [3.8, 4) is 5.75 Å². The van der Waals surface area contributed by atoms with E-state index in [1.54, 1.807) is 0 Å². The second-order valence-corrected chi connectivity index (χ2v) is 8.49. The zero-order valence-corrected chi connectivity index (χ0v) is 21.6. The monoisotopic (exact) mass is 564 g/mol. The van der Waals surface area contributed by atoms with Gasteiger partial charge in [-0.05, 0) is 6.07 Å². The molecule has 2 aromatic rings. The average Bonchev–Trinajstić information content (AvgIpc) is 2.85. The Morgan fingerprint density at radius 2 is 1.30 bits per heavy atom. The van der Waals surface area contributed by atoms with Crippen molar-refractivity contribution in [2.45, 2.75) is 58.4 Å². The molecule has 16 nitrogen and oxygen atoms in total. The number of benzene rings is 2. The van der Waals surface area contributed by atoms with Gasteiger partial charge < -0.3 is 28.4 Å². The fraction of sp³-hybridized carbons (Fsp3) is 0.417. The van der Waals surface area contributed by atoms with Crippen LogP contribution >= 0.6 is 0 Å². The number of non-ortho nitro benzene ring substituents is 1. The number of nitro groups is 2. The van der Waals surface area contributed by atoms with Crippen LogP contribution in [0.5, 0.6) is 5.75 Å². The van der Waals surface area contributed by atoms with Gasteiger partial charge in [-0.2, -0.15) is 0 Å². The molecule has 0 saturated carbocycles. The number of hydrogen-bond donors (Lipinski definition) is 0. The number of nitro benzene ring substituents is 2. The maximum absolute atomic E-state index is 12.0. The van der Waals surface area contributed by atoms with Crippen molar-refractivity contribution in [3.63, 3.8) is 0 Å². The van der Waals surface area contributed by atoms with Crippen LogP contribution in [-0.4, -0.2) is 71.0 Å². The first-order valence-corrected chi connectivity index (χ1v) is 11.6. The molecule has 0 unspecified atom stereocenters. The highest BCUT2D eigenvalue weighted by Crippen LogP contribution is 2.43. The third kappa shape index (κ3) is 6.76. The second kappa shape index (κ2) is 12.3. The molecule has 1 aliphatic heterocycles. The summed E-state index contributed by atoms with van der Waals surface area (Å²) in [5.74, 6) is -3.89. The molecule has 16 heteroatoms. The molecule has 1 fully saturated rings. The first-order valence-electron chi connectivity index (χ1n) is 11.6. The minimum Gasteiger partial charge on any atom is -0.463 e. The number of ether oxygens (including phenoxy) is 6. The maximum atomic E-state index is 12.0. The number of rotatable bonds is 9. The highest BCUT2D eigenvalue weighted by atomic mass is 16.7. The lowest BCUT2D eigenvalue weighted by atomic mass is 9.98. The Morgan fingerprint density at radius 1 is 0.775 bits per heavy atom. The maximum Gasteiger partial charge on any atom is 0.318 e. The molecule has 40 heavy (non-hydrogen) atoms. The zero-order chi connectivity index (χ0) is 29.7. The first-order chi connectivity index (χ1) is 18.8. The first kappa shape index (κ1) is 29.7. The molecule has 0 aliphatic carbocycles. The summed E-state index contributed by atoms with van der Waals surface area (Å²) in [7, 11) is 0. The van der Waals surface area contributed by atoms with E-state index in [1.165, 1.54) is 24.3 Å². The number of hydrogen-bond acceptors (Lipinski definition) is 14. The van der Waals surface area contributed by atoms with E-state index in [0.717, 1.165) is 27.7 Å². The molecule has 2 aromatic carbocycles. The summed E-state index contributed by atoms with van der Waals surface area (Å²) in [4.78, 5) is 69.3. The van der Waals surface area contributed by atoms with Gasteiger partial charge >= 0.3 is 29.6 Å². The fourth-order valence-corrected chi connectivity index (χ4v) is 4.13. The summed E-state index contributed by atoms with van der Waals surface area (Å²) in [5.41, 5.74) is -1.39. The van der Waals surface area contributed by atoms with Gasteiger partial charge in [0.25, 0.3) is 5.69 Å². The summed E-state index contributed by atoms with van der Waals surface area (Å²) >= 11 is 0. The van der Waals surface area contributed by atoms with Gasteiger partial charge in [-0.15, -0.1) is 0 Å². The van der Waals surface area contributed by atoms with Crippen LogP contribution in [-0.2, 0) is 42.9 Å². The Kier molecular flexibility index (Phi) is 9.15. The van der Waals surface area contributed by atoms with E-state index in [0.29, 0.717) is 6.07 Å². The molecule has 1 aliphatic rings. The van der Waals surface area contributed by atoms with E-state index in [4.69, 9.17) is 28.4 Å². The van der Waals surface area contributed by atoms with Gasteiger partial charge in [-0.25, -0.2) is 0 Å². The van der Waals surface area contributed by atoms with E-state index in [-0.39, 0.29) is 10.8 Å². The van der Waals surface area contributed by atoms with Gasteiger partial charge in [0.1, 0.15) is 12.7 Å². The van der Waals surface area contributed by atoms with Gasteiger partial charge in [0.2, 0.25) is 18.1 Å². The molecule has 3 rings (SSSR count). The molecule has 0 spiro atoms. The van der Waals surface area contributed by atoms with Crippen molar-refractivity contribution in [3.05, 3.63) is 50.6 Å². The lowest BCUT2D eigenvalue weighted by Gasteiger charge is -2.43. The average molecular weight is 564 g/mol. The van der Waals surface area contributed by atoms with Crippen LogP contribution < -0.4 is 4.74 Å². The van der Waals surface area contributed by atoms with E-state index in [2.05, 4.69) is 0 Å². The third-order valence-corrected chi connectivity index (χ3v) is 5.53. The molecule has 0 radical (unpaired) electrons. The third-order valence-electron chi connectivity index (χ3n) is 5.53. The Balaban J connectivity index is 2.21. The molecular weight excluding hydrogens is 540 g/mol. The van der Waals surface area contributed by atoms with E-state index in [1.807, 2.05) is 0 Å². The van der Waals surface area contributed by atoms with Crippen molar-refractivity contribution < 1.29 is 57.4 Å². The molecular formula is C24H24N2O14. The topological polar surface area (TPSA) is 210 Å². The number of esters is 4. The van der Waals surface area contributed by atoms with Gasteiger partial charge in [-0.1, -0.05) is 18.2 Å². The molecule has 0 aromatic heterocycles. The zero-order valence-electron chi connectivity index (χ0n) is 21.6. The molecule has 1 saturated heterocycles. The predicted octanol–water partition coefficient (Wildman–Crippen LogP) is 2.12. The second-order valence-electron chi connectivity index (χ2n) is 8.49. The minimum atomic E-state index is -1.79. The molecule has 5 atom stereocenters. The van der Waals surface area contributed by atoms with Crippen LogP contribution in [0.25, 0.3) is 10.8 Å². The predicted molar refractivity (Wildman–Crippen MR) is 130 cm³/mol. The highest BCUT2D eigenvalue weighted by molar-refractivity contribution is 5.98. The molecule has 214 valence electrons. The van der Waals surface area contributed by atoms with Gasteiger partial charge in [0.05, 0.1) is 21.3 Å². The van der Waals surface area contributed by atoms with Crippen LogP contribution in [0, 0.1) is 20.2 Å². The number of carbonyl (C=O) groups excluding carboxylic acids is 4. The largest absolute Gasteiger partial charge is 0.463 e. The summed E-state index contributed by atoms with van der Waals surface area (Å²) < 4.78 is 32.6. The Morgan fingerprint density at radius 3 is 1.82 bits per heavy atom. The normalized spacial score (nSPS) is 22.1. The Hall–Kier alpha value is -4.86. The summed E-state index contributed by atoms with van der Waals surface area (Å²) in [6.45, 7) is 3.62. The van der Waals surface area contributed by atoms with Gasteiger partial charge in [0.15, 0.2) is 12.2 Å². The van der Waals surface area contributed by atoms with Crippen molar-refractivity contribution in [1.82, 2.24) is 0 Å². The van der Waals surface area contributed by atoms with E-state index in [9.17, 15) is 39.4 Å². The summed E-state index contributed by atoms with van der Waals surface area (Å²) in [6.07, 6.45) is -7.91. The lowest BCUT2D eigenvalue weighted by Crippen LogP contribution is -2.63. The molecule has 0 bridgehead atoms. The lowest BCUT2D eigenvalue weighted by molar-refractivity contribution is -0.394. The van der Waals surface area contributed by atoms with Crippen LogP contribution in [0.2, 0.25) is 0 Å². The van der Waals surface area contributed by atoms with Crippen molar-refractivity contribution in [2.24, 2.45) is 0 Å². The van der Waals surface area contributed by atoms with Gasteiger partial charge in [-0.3, -0.25) is 39.4 Å². The summed E-state index contributed by atoms with van der Waals surface area (Å²) in [5, 5.41) is 23.5. The standard InChI is InChI=1S/C24H24N2O14/c1-11(27)35-10-19-21(36-12(2)28)22(37-13(3)29)23(38-14(4)30)24(39-19)40-20-16-8-6-5-7-15(16)17(25(31)32)9-18(20)26(33)34/h5-9,19,21-24H,10H2,1-4H3/t19-,21-,22+,23+,24+/m1/s1. The van der Waals surface area contributed by atoms with E-state index < -0.39 is 88.2 Å². The Bertz CT molecular complexity index is 1360. The fourth-order valence-electron chi connectivity index (χ4n) is 4.13. The number of carbonyl (C=O) groups is 4. The highest BCUT2D eigenvalue weighted by Gasteiger charge is 2.54. The SMILES string of the molecule is CC(=O)OC[C@H]1O[C@@H](Oc2c([N+](=O)[O-])cc([N+](=O)[O-])c3ccccc23)[C@@H](OC(C)=O)[C@@H](OC(C)=O)[C@@H]1OC(C)=O. The number of nitrogens with zero attached hydrogens (tertiary/aromatic N) is 2.